The molecule has 0 saturated carbocycles. The molecule has 0 fully saturated rings. The van der Waals surface area contributed by atoms with Gasteiger partial charge in [0.05, 0.1) is 27.7 Å². The lowest BCUT2D eigenvalue weighted by molar-refractivity contribution is -0.897. The van der Waals surface area contributed by atoms with Gasteiger partial charge in [-0.2, -0.15) is 0 Å². The topological polar surface area (TPSA) is 36.9 Å². The normalized spacial score (nSPS) is 13.4. The number of rotatable bonds is 40. The molecule has 0 aromatic rings. The molecular formula is C44H88INO4. The van der Waals surface area contributed by atoms with Crippen molar-refractivity contribution in [3.8, 4) is 0 Å². The zero-order chi connectivity index (χ0) is 35.9. The maximum absolute atomic E-state index is 6.11. The summed E-state index contributed by atoms with van der Waals surface area (Å²) >= 11 is 0. The first-order chi connectivity index (χ1) is 24.0. The van der Waals surface area contributed by atoms with Gasteiger partial charge in [-0.05, 0) is 64.2 Å². The highest BCUT2D eigenvalue weighted by Crippen LogP contribution is 2.13. The summed E-state index contributed by atoms with van der Waals surface area (Å²) < 4.78 is 24.3. The first kappa shape index (κ1) is 52.1. The van der Waals surface area contributed by atoms with E-state index in [2.05, 4.69) is 59.3 Å². The van der Waals surface area contributed by atoms with Crippen molar-refractivity contribution in [3.05, 3.63) is 24.3 Å². The predicted octanol–water partition coefficient (Wildman–Crippen LogP) is 10.1. The van der Waals surface area contributed by atoms with Crippen molar-refractivity contribution >= 4 is 0 Å². The van der Waals surface area contributed by atoms with Gasteiger partial charge in [0, 0.05) is 13.7 Å². The van der Waals surface area contributed by atoms with Gasteiger partial charge >= 0.3 is 0 Å². The van der Waals surface area contributed by atoms with Gasteiger partial charge < -0.3 is 47.4 Å². The molecule has 0 N–H and O–H groups in total. The number of nitrogens with zero attached hydrogens (tertiary/aromatic N) is 1. The molecule has 5 nitrogen and oxygen atoms in total. The maximum Gasteiger partial charge on any atom is 0.271 e. The average Bonchev–Trinajstić information content (AvgIpc) is 3.08. The molecule has 0 aliphatic heterocycles. The lowest BCUT2D eigenvalue weighted by Crippen LogP contribution is -3.00. The number of ether oxygens (including phenoxy) is 4. The van der Waals surface area contributed by atoms with E-state index < -0.39 is 6.48 Å². The maximum atomic E-state index is 6.11. The van der Waals surface area contributed by atoms with Gasteiger partial charge in [0.1, 0.15) is 19.3 Å². The Morgan fingerprint density at radius 1 is 0.440 bits per heavy atom. The van der Waals surface area contributed by atoms with E-state index in [0.29, 0.717) is 19.8 Å². The second-order valence-electron chi connectivity index (χ2n) is 15.4. The highest BCUT2D eigenvalue weighted by molar-refractivity contribution is 4.82. The lowest BCUT2D eigenvalue weighted by Gasteiger charge is -2.34. The van der Waals surface area contributed by atoms with E-state index in [1.54, 1.807) is 7.11 Å². The van der Waals surface area contributed by atoms with Gasteiger partial charge in [-0.3, -0.25) is 0 Å². The largest absolute Gasteiger partial charge is 1.00 e. The number of allylic oxidation sites excluding steroid dienone is 4. The number of halogens is 1. The fourth-order valence-electron chi connectivity index (χ4n) is 6.07. The molecule has 0 saturated heterocycles. The van der Waals surface area contributed by atoms with Crippen LogP contribution >= 0.6 is 0 Å². The highest BCUT2D eigenvalue weighted by Gasteiger charge is 2.26. The van der Waals surface area contributed by atoms with Crippen LogP contribution in [0.2, 0.25) is 0 Å². The van der Waals surface area contributed by atoms with Crippen molar-refractivity contribution in [2.24, 2.45) is 0 Å². The summed E-state index contributed by atoms with van der Waals surface area (Å²) in [5, 5.41) is 0. The zero-order valence-corrected chi connectivity index (χ0v) is 36.7. The standard InChI is InChI=1S/C44H88NO4.HI/c1-7-9-11-13-15-17-19-21-23-25-27-29-31-33-35-37-39-47-41-43(45(3,4)5)42-49-44(46-6)48-40-38-36-34-32-30-28-26-24-22-20-18-16-14-12-10-8-2;/h21-24,43-44H,7-20,25-42H2,1-6H3;1H/q+1;/p-1/b23-21-,24-22-;. The molecule has 0 aromatic carbocycles. The minimum Gasteiger partial charge on any atom is -1.00 e. The highest BCUT2D eigenvalue weighted by atomic mass is 127. The Bertz CT molecular complexity index is 696. The molecule has 0 radical (unpaired) electrons. The quantitative estimate of drug-likeness (QED) is 0.0203. The summed E-state index contributed by atoms with van der Waals surface area (Å²) in [6, 6.07) is 0.237. The Kier molecular flexibility index (Phi) is 43.5. The van der Waals surface area contributed by atoms with E-state index in [9.17, 15) is 0 Å². The minimum absolute atomic E-state index is 0. The molecule has 0 bridgehead atoms. The fraction of sp³-hybridized carbons (Fsp3) is 0.909. The van der Waals surface area contributed by atoms with E-state index in [-0.39, 0.29) is 30.0 Å². The number of hydrogen-bond acceptors (Lipinski definition) is 4. The summed E-state index contributed by atoms with van der Waals surface area (Å²) in [5.74, 6) is 0. The van der Waals surface area contributed by atoms with Gasteiger partial charge in [-0.15, -0.1) is 0 Å². The van der Waals surface area contributed by atoms with Crippen molar-refractivity contribution < 1.29 is 47.4 Å². The summed E-state index contributed by atoms with van der Waals surface area (Å²) in [4.78, 5) is 0. The summed E-state index contributed by atoms with van der Waals surface area (Å²) in [7, 11) is 8.28. The Morgan fingerprint density at radius 2 is 0.800 bits per heavy atom. The number of hydrogen-bond donors (Lipinski definition) is 0. The van der Waals surface area contributed by atoms with E-state index in [0.717, 1.165) is 23.9 Å². The zero-order valence-electron chi connectivity index (χ0n) is 34.5. The number of unbranched alkanes of at least 4 members (excludes halogenated alkanes) is 24. The van der Waals surface area contributed by atoms with Crippen LogP contribution in [-0.4, -0.2) is 71.7 Å². The molecule has 0 aromatic heterocycles. The molecule has 0 rings (SSSR count). The van der Waals surface area contributed by atoms with Gasteiger partial charge in [-0.25, -0.2) is 0 Å². The fourth-order valence-corrected chi connectivity index (χ4v) is 6.07. The Balaban J connectivity index is 0. The van der Waals surface area contributed by atoms with Crippen LogP contribution in [0.25, 0.3) is 0 Å². The second kappa shape index (κ2) is 41.8. The monoisotopic (exact) mass is 822 g/mol. The van der Waals surface area contributed by atoms with Crippen LogP contribution in [0.3, 0.4) is 0 Å². The first-order valence-electron chi connectivity index (χ1n) is 21.4. The molecule has 0 spiro atoms. The van der Waals surface area contributed by atoms with Crippen LogP contribution < -0.4 is 24.0 Å². The van der Waals surface area contributed by atoms with E-state index >= 15 is 0 Å². The SMILES string of the molecule is CCCCCCCC/C=C\CCCCCCCCOCC(COC(OC)OCCCCCCCC/C=C\CCCCCCCC)[N+](C)(C)C.[I-]. The van der Waals surface area contributed by atoms with Gasteiger partial charge in [-0.1, -0.05) is 154 Å². The third-order valence-corrected chi connectivity index (χ3v) is 9.73. The van der Waals surface area contributed by atoms with Crippen LogP contribution in [0.1, 0.15) is 194 Å². The van der Waals surface area contributed by atoms with Crippen molar-refractivity contribution in [2.45, 2.75) is 206 Å². The van der Waals surface area contributed by atoms with Gasteiger partial charge in [0.25, 0.3) is 6.48 Å². The number of methoxy groups -OCH3 is 1. The van der Waals surface area contributed by atoms with Crippen molar-refractivity contribution in [1.29, 1.82) is 0 Å². The molecule has 0 aliphatic carbocycles. The summed E-state index contributed by atoms with van der Waals surface area (Å²) in [6.45, 7) is 6.73. The van der Waals surface area contributed by atoms with Crippen LogP contribution in [0.5, 0.6) is 0 Å². The number of quaternary nitrogens is 1. The van der Waals surface area contributed by atoms with Crippen LogP contribution in [0.4, 0.5) is 0 Å². The van der Waals surface area contributed by atoms with Crippen molar-refractivity contribution in [1.82, 2.24) is 0 Å². The van der Waals surface area contributed by atoms with Gasteiger partial charge in [0.15, 0.2) is 0 Å². The average molecular weight is 822 g/mol. The Hall–Kier alpha value is 0.0100. The van der Waals surface area contributed by atoms with E-state index in [1.807, 2.05) is 0 Å². The molecule has 0 aliphatic rings. The molecule has 0 amide bonds. The molecule has 0 heterocycles. The molecular weight excluding hydrogens is 733 g/mol. The third kappa shape index (κ3) is 39.2. The molecule has 2 atom stereocenters. The van der Waals surface area contributed by atoms with Gasteiger partial charge in [0.2, 0.25) is 0 Å². The molecule has 50 heavy (non-hydrogen) atoms. The Morgan fingerprint density at radius 3 is 1.18 bits per heavy atom. The van der Waals surface area contributed by atoms with E-state index in [4.69, 9.17) is 18.9 Å². The van der Waals surface area contributed by atoms with Crippen LogP contribution in [0.15, 0.2) is 24.3 Å². The Labute approximate surface area is 331 Å². The summed E-state index contributed by atoms with van der Waals surface area (Å²) in [5.41, 5.74) is 0. The minimum atomic E-state index is -0.604. The molecule has 6 heteroatoms. The van der Waals surface area contributed by atoms with E-state index in [1.165, 1.54) is 167 Å². The van der Waals surface area contributed by atoms with Crippen LogP contribution in [0, 0.1) is 0 Å². The summed E-state index contributed by atoms with van der Waals surface area (Å²) in [6.07, 6.45) is 46.6. The predicted molar refractivity (Wildman–Crippen MR) is 214 cm³/mol. The number of likely N-dealkylation sites (N-methyl/N-ethyl adjacent to an activating group) is 1. The second-order valence-corrected chi connectivity index (χ2v) is 15.4. The van der Waals surface area contributed by atoms with Crippen molar-refractivity contribution in [2.75, 3.05) is 54.7 Å². The first-order valence-corrected chi connectivity index (χ1v) is 21.4. The van der Waals surface area contributed by atoms with Crippen LogP contribution in [-0.2, 0) is 18.9 Å². The smallest absolute Gasteiger partial charge is 0.271 e. The lowest BCUT2D eigenvalue weighted by atomic mass is 10.1. The third-order valence-electron chi connectivity index (χ3n) is 9.73. The van der Waals surface area contributed by atoms with Crippen molar-refractivity contribution in [3.63, 3.8) is 0 Å². The molecule has 300 valence electrons. The molecule has 2 unspecified atom stereocenters.